The van der Waals surface area contributed by atoms with Gasteiger partial charge >= 0.3 is 0 Å². The van der Waals surface area contributed by atoms with E-state index in [1.165, 1.54) is 31.3 Å². The van der Waals surface area contributed by atoms with Crippen LogP contribution in [0, 0.1) is 46.3 Å². The van der Waals surface area contributed by atoms with Crippen LogP contribution < -0.4 is 5.32 Å². The molecule has 11 unspecified atom stereocenters. The molecule has 0 amide bonds. The van der Waals surface area contributed by atoms with Crippen LogP contribution in [-0.2, 0) is 23.3 Å². The van der Waals surface area contributed by atoms with E-state index >= 15 is 0 Å². The highest BCUT2D eigenvalue weighted by molar-refractivity contribution is 7.10. The normalized spacial score (nSPS) is 56.2. The highest BCUT2D eigenvalue weighted by atomic mass is 31.0. The fourth-order valence-electron chi connectivity index (χ4n) is 11.5. The molecule has 3 saturated heterocycles. The van der Waals surface area contributed by atoms with E-state index in [0.717, 1.165) is 56.4 Å². The Kier molecular flexibility index (Phi) is 8.71. The lowest BCUT2D eigenvalue weighted by Gasteiger charge is -2.59. The van der Waals surface area contributed by atoms with Crippen molar-refractivity contribution >= 4 is 18.9 Å². The molecule has 4 aliphatic carbocycles. The van der Waals surface area contributed by atoms with Crippen molar-refractivity contribution < 1.29 is 33.5 Å². The third-order valence-electron chi connectivity index (χ3n) is 13.9. The predicted octanol–water partition coefficient (Wildman–Crippen LogP) is 4.74. The van der Waals surface area contributed by atoms with Crippen molar-refractivity contribution in [1.82, 2.24) is 5.32 Å². The first kappa shape index (κ1) is 31.9. The fourth-order valence-corrected chi connectivity index (χ4v) is 12.0. The van der Waals surface area contributed by atoms with Crippen LogP contribution in [0.4, 0.5) is 0 Å². The molecule has 0 aromatic heterocycles. The van der Waals surface area contributed by atoms with Gasteiger partial charge in [-0.1, -0.05) is 39.3 Å². The molecule has 6 fully saturated rings. The summed E-state index contributed by atoms with van der Waals surface area (Å²) in [5.41, 5.74) is 1.98. The minimum Gasteiger partial charge on any atom is -0.387 e. The Labute approximate surface area is 262 Å². The van der Waals surface area contributed by atoms with Gasteiger partial charge in [-0.15, -0.1) is 0 Å². The first-order valence-corrected chi connectivity index (χ1v) is 18.0. The van der Waals surface area contributed by atoms with Gasteiger partial charge in [-0.3, -0.25) is 5.32 Å². The first-order chi connectivity index (χ1) is 20.5. The lowest BCUT2D eigenvalue weighted by molar-refractivity contribution is -0.307. The monoisotopic (exact) mass is 639 g/mol. The average molecular weight is 640 g/mol. The van der Waals surface area contributed by atoms with Crippen molar-refractivity contribution in [1.29, 1.82) is 0 Å². The zero-order chi connectivity index (χ0) is 30.3. The van der Waals surface area contributed by atoms with E-state index in [9.17, 15) is 10.2 Å². The van der Waals surface area contributed by atoms with Gasteiger partial charge in [-0.2, -0.15) is 0 Å². The molecule has 0 radical (unpaired) electrons. The van der Waals surface area contributed by atoms with Crippen LogP contribution in [0.2, 0.25) is 0 Å². The molecule has 3 heterocycles. The molecule has 8 nitrogen and oxygen atoms in total. The second-order valence-corrected chi connectivity index (χ2v) is 16.5. The maximum absolute atomic E-state index is 10.9. The van der Waals surface area contributed by atoms with E-state index in [0.29, 0.717) is 29.3 Å². The van der Waals surface area contributed by atoms with Crippen molar-refractivity contribution in [2.24, 2.45) is 46.3 Å². The molecule has 0 aromatic rings. The van der Waals surface area contributed by atoms with E-state index in [1.807, 2.05) is 0 Å². The summed E-state index contributed by atoms with van der Waals surface area (Å²) in [6, 6.07) is 0. The zero-order valence-corrected chi connectivity index (χ0v) is 28.8. The maximum atomic E-state index is 10.9. The van der Waals surface area contributed by atoms with Crippen LogP contribution >= 0.6 is 18.9 Å². The number of ether oxygens (including phenoxy) is 3. The van der Waals surface area contributed by atoms with Crippen LogP contribution in [0.1, 0.15) is 85.5 Å². The third-order valence-corrected chi connectivity index (χ3v) is 14.4. The quantitative estimate of drug-likeness (QED) is 0.293. The van der Waals surface area contributed by atoms with Gasteiger partial charge < -0.3 is 33.5 Å². The Morgan fingerprint density at radius 2 is 1.86 bits per heavy atom. The van der Waals surface area contributed by atoms with E-state index in [-0.39, 0.29) is 23.9 Å². The maximum Gasteiger partial charge on any atom is 0.186 e. The molecular weight excluding hydrogens is 584 g/mol. The first-order valence-electron chi connectivity index (χ1n) is 17.0. The van der Waals surface area contributed by atoms with E-state index in [1.54, 1.807) is 0 Å². The lowest BCUT2D eigenvalue weighted by atomic mass is 9.47. The molecule has 18 atom stereocenters. The van der Waals surface area contributed by atoms with Gasteiger partial charge in [0.25, 0.3) is 0 Å². The number of aliphatic hydroxyl groups is 2. The molecule has 3 saturated carbocycles. The number of aliphatic hydroxyl groups excluding tert-OH is 2. The number of hydrogen-bond acceptors (Lipinski definition) is 8. The number of piperidine rings is 1. The number of nitrogens with one attached hydrogen (secondary N) is 1. The highest BCUT2D eigenvalue weighted by Crippen LogP contribution is 2.70. The SMILES string of the molecule is CC1CCC2(NC1)OC1CC3C4CC=C5C[C@@H](O[C@@H]6OC(COP)[C@@H](O)[C@H](OP)C6O)CC[C@]5(C)C4CC[C@]3(C)C1[C@@H]2C. The predicted molar refractivity (Wildman–Crippen MR) is 170 cm³/mol. The Morgan fingerprint density at radius 3 is 2.58 bits per heavy atom. The smallest absolute Gasteiger partial charge is 0.186 e. The summed E-state index contributed by atoms with van der Waals surface area (Å²) >= 11 is 0. The van der Waals surface area contributed by atoms with Crippen LogP contribution in [0.5, 0.6) is 0 Å². The molecule has 0 bridgehead atoms. The number of fused-ring (bicyclic) bond motifs is 7. The second kappa shape index (κ2) is 11.8. The molecule has 43 heavy (non-hydrogen) atoms. The topological polar surface area (TPSA) is 98.6 Å². The molecule has 7 rings (SSSR count). The summed E-state index contributed by atoms with van der Waals surface area (Å²) in [6.45, 7) is 11.3. The fraction of sp³-hybridized carbons (Fsp3) is 0.939. The molecule has 244 valence electrons. The zero-order valence-electron chi connectivity index (χ0n) is 26.5. The van der Waals surface area contributed by atoms with Gasteiger partial charge in [0, 0.05) is 31.4 Å². The van der Waals surface area contributed by atoms with Crippen molar-refractivity contribution in [3.63, 3.8) is 0 Å². The lowest BCUT2D eigenvalue weighted by Crippen LogP contribution is -2.60. The van der Waals surface area contributed by atoms with Crippen molar-refractivity contribution in [3.05, 3.63) is 11.6 Å². The molecule has 3 aliphatic heterocycles. The van der Waals surface area contributed by atoms with Crippen molar-refractivity contribution in [2.75, 3.05) is 13.2 Å². The number of allylic oxidation sites excluding steroid dienone is 1. The van der Waals surface area contributed by atoms with E-state index in [2.05, 4.69) is 58.0 Å². The Hall–Kier alpha value is 0.280. The van der Waals surface area contributed by atoms with E-state index < -0.39 is 30.7 Å². The molecular formula is C33H55NO7P2. The van der Waals surface area contributed by atoms with Gasteiger partial charge in [0.2, 0.25) is 0 Å². The summed E-state index contributed by atoms with van der Waals surface area (Å²) in [5.74, 6) is 4.10. The van der Waals surface area contributed by atoms with Gasteiger partial charge in [0.1, 0.15) is 30.1 Å². The van der Waals surface area contributed by atoms with E-state index in [4.69, 9.17) is 23.3 Å². The highest BCUT2D eigenvalue weighted by Gasteiger charge is 2.68. The Balaban J connectivity index is 1.04. The van der Waals surface area contributed by atoms with Gasteiger partial charge in [0.05, 0.1) is 18.8 Å². The van der Waals surface area contributed by atoms with Gasteiger partial charge in [-0.05, 0) is 98.2 Å². The van der Waals surface area contributed by atoms with Crippen LogP contribution in [0.3, 0.4) is 0 Å². The number of hydrogen-bond donors (Lipinski definition) is 3. The third kappa shape index (κ3) is 4.99. The largest absolute Gasteiger partial charge is 0.387 e. The van der Waals surface area contributed by atoms with Crippen LogP contribution in [-0.4, -0.2) is 72.0 Å². The summed E-state index contributed by atoms with van der Waals surface area (Å²) < 4.78 is 30.0. The molecule has 3 N–H and O–H groups in total. The average Bonchev–Trinajstić information content (AvgIpc) is 3.43. The minimum atomic E-state index is -1.08. The standard InChI is InChI=1S/C33H55NO7P2/c1-17-7-12-33(34-15-17)18(2)26-24(40-33)14-23-21-6-5-19-13-20(8-10-31(19,3)22(21)9-11-32(23,26)4)38-30-28(36)29(41-43)27(35)25(39-30)16-37-42/h5,17-18,20-30,34-36H,6-16,42-43H2,1-4H3/t17?,18-,20-,21?,22?,23?,24?,25?,26?,27+,28?,29-,30+,31-,32-,33?/m0/s1. The Bertz CT molecular complexity index is 1070. The molecule has 0 aromatic carbocycles. The van der Waals surface area contributed by atoms with Gasteiger partial charge in [-0.25, -0.2) is 0 Å². The summed E-state index contributed by atoms with van der Waals surface area (Å²) in [5, 5.41) is 25.4. The van der Waals surface area contributed by atoms with Crippen LogP contribution in [0.15, 0.2) is 11.6 Å². The summed E-state index contributed by atoms with van der Waals surface area (Å²) in [4.78, 5) is 0. The second-order valence-electron chi connectivity index (χ2n) is 15.9. The Morgan fingerprint density at radius 1 is 1.05 bits per heavy atom. The number of rotatable bonds is 5. The van der Waals surface area contributed by atoms with Crippen molar-refractivity contribution in [3.8, 4) is 0 Å². The summed E-state index contributed by atoms with van der Waals surface area (Å²) in [7, 11) is 4.34. The molecule has 1 spiro atoms. The molecule has 10 heteroatoms. The van der Waals surface area contributed by atoms with Crippen LogP contribution in [0.25, 0.3) is 0 Å². The van der Waals surface area contributed by atoms with Crippen molar-refractivity contribution in [2.45, 2.75) is 134 Å². The summed E-state index contributed by atoms with van der Waals surface area (Å²) in [6.07, 6.45) is 8.80. The molecule has 7 aliphatic rings. The van der Waals surface area contributed by atoms with Gasteiger partial charge in [0.15, 0.2) is 6.29 Å². The minimum absolute atomic E-state index is 0.0376.